The van der Waals surface area contributed by atoms with Gasteiger partial charge < -0.3 is 10.0 Å². The Kier molecular flexibility index (Phi) is 4.77. The van der Waals surface area contributed by atoms with Crippen molar-refractivity contribution in [2.24, 2.45) is 0 Å². The quantitative estimate of drug-likeness (QED) is 0.874. The number of anilines is 1. The van der Waals surface area contributed by atoms with Crippen LogP contribution in [-0.4, -0.2) is 17.6 Å². The molecule has 2 rings (SSSR count). The van der Waals surface area contributed by atoms with Crippen LogP contribution in [0.3, 0.4) is 0 Å². The van der Waals surface area contributed by atoms with Gasteiger partial charge in [-0.3, -0.25) is 4.79 Å². The molecule has 0 saturated heterocycles. The zero-order chi connectivity index (χ0) is 14.4. The molecule has 3 heteroatoms. The second-order valence-electron chi connectivity index (χ2n) is 4.74. The van der Waals surface area contributed by atoms with Crippen molar-refractivity contribution >= 4 is 11.7 Å². The fourth-order valence-corrected chi connectivity index (χ4v) is 2.18. The average Bonchev–Trinajstić information content (AvgIpc) is 2.47. The number of carbonyl (C=O) groups is 1. The molecule has 20 heavy (non-hydrogen) atoms. The fourth-order valence-electron chi connectivity index (χ4n) is 2.18. The lowest BCUT2D eigenvalue weighted by atomic mass is 10.1. The Hall–Kier alpha value is -2.29. The Balaban J connectivity index is 2.06. The molecule has 0 radical (unpaired) electrons. The first-order valence-electron chi connectivity index (χ1n) is 6.78. The van der Waals surface area contributed by atoms with Crippen molar-refractivity contribution < 1.29 is 9.90 Å². The normalized spacial score (nSPS) is 10.2. The minimum absolute atomic E-state index is 0.0798. The van der Waals surface area contributed by atoms with Gasteiger partial charge in [-0.05, 0) is 30.2 Å². The number of nitrogens with zero attached hydrogens (tertiary/aromatic N) is 1. The summed E-state index contributed by atoms with van der Waals surface area (Å²) in [5, 5.41) is 8.76. The lowest BCUT2D eigenvalue weighted by Gasteiger charge is -2.23. The third-order valence-corrected chi connectivity index (χ3v) is 3.25. The Morgan fingerprint density at radius 3 is 2.15 bits per heavy atom. The molecule has 0 aromatic heterocycles. The minimum atomic E-state index is -0.794. The summed E-state index contributed by atoms with van der Waals surface area (Å²) in [6.45, 7) is 3.89. The van der Waals surface area contributed by atoms with Crippen LogP contribution in [0.2, 0.25) is 0 Å². The van der Waals surface area contributed by atoms with Crippen LogP contribution in [0.15, 0.2) is 54.6 Å². The van der Waals surface area contributed by atoms with E-state index in [4.69, 9.17) is 5.11 Å². The molecule has 0 aliphatic heterocycles. The number of carboxylic acid groups (broad SMARTS) is 1. The third-order valence-electron chi connectivity index (χ3n) is 3.25. The summed E-state index contributed by atoms with van der Waals surface area (Å²) in [5.74, 6) is -0.794. The van der Waals surface area contributed by atoms with Crippen LogP contribution in [0.4, 0.5) is 5.69 Å². The molecule has 0 unspecified atom stereocenters. The first-order valence-corrected chi connectivity index (χ1v) is 6.78. The molecule has 2 aromatic rings. The summed E-state index contributed by atoms with van der Waals surface area (Å²) in [6, 6.07) is 18.1. The lowest BCUT2D eigenvalue weighted by molar-refractivity contribution is -0.136. The van der Waals surface area contributed by atoms with E-state index in [2.05, 4.69) is 24.0 Å². The highest BCUT2D eigenvalue weighted by Crippen LogP contribution is 2.16. The zero-order valence-electron chi connectivity index (χ0n) is 11.6. The number of hydrogen-bond donors (Lipinski definition) is 1. The molecule has 0 atom stereocenters. The van der Waals surface area contributed by atoms with E-state index in [1.54, 1.807) is 0 Å². The van der Waals surface area contributed by atoms with Gasteiger partial charge in [0.05, 0.1) is 6.42 Å². The van der Waals surface area contributed by atoms with Crippen LogP contribution in [0.25, 0.3) is 0 Å². The smallest absolute Gasteiger partial charge is 0.307 e. The molecule has 0 fully saturated rings. The van der Waals surface area contributed by atoms with Crippen molar-refractivity contribution in [3.8, 4) is 0 Å². The Morgan fingerprint density at radius 2 is 1.60 bits per heavy atom. The average molecular weight is 269 g/mol. The molecule has 0 heterocycles. The fraction of sp³-hybridized carbons (Fsp3) is 0.235. The third kappa shape index (κ3) is 3.85. The summed E-state index contributed by atoms with van der Waals surface area (Å²) in [5.41, 5.74) is 3.22. The zero-order valence-corrected chi connectivity index (χ0v) is 11.6. The van der Waals surface area contributed by atoms with Gasteiger partial charge in [-0.2, -0.15) is 0 Å². The van der Waals surface area contributed by atoms with E-state index in [0.29, 0.717) is 0 Å². The highest BCUT2D eigenvalue weighted by molar-refractivity contribution is 5.70. The van der Waals surface area contributed by atoms with Crippen LogP contribution < -0.4 is 4.90 Å². The van der Waals surface area contributed by atoms with Crippen LogP contribution in [0.5, 0.6) is 0 Å². The molecule has 0 amide bonds. The van der Waals surface area contributed by atoms with Crippen molar-refractivity contribution in [1.29, 1.82) is 0 Å². The van der Waals surface area contributed by atoms with Gasteiger partial charge in [-0.1, -0.05) is 42.5 Å². The Bertz CT molecular complexity index is 549. The number of carboxylic acids is 1. The van der Waals surface area contributed by atoms with Crippen molar-refractivity contribution in [1.82, 2.24) is 0 Å². The van der Waals surface area contributed by atoms with E-state index in [1.165, 1.54) is 11.3 Å². The number of benzene rings is 2. The first-order chi connectivity index (χ1) is 9.69. The van der Waals surface area contributed by atoms with Gasteiger partial charge in [0.2, 0.25) is 0 Å². The highest BCUT2D eigenvalue weighted by Gasteiger charge is 2.05. The second-order valence-corrected chi connectivity index (χ2v) is 4.74. The molecule has 0 aliphatic rings. The van der Waals surface area contributed by atoms with Gasteiger partial charge in [0, 0.05) is 18.8 Å². The van der Waals surface area contributed by atoms with Crippen LogP contribution in [-0.2, 0) is 17.8 Å². The maximum absolute atomic E-state index is 10.7. The molecule has 104 valence electrons. The maximum atomic E-state index is 10.7. The van der Waals surface area contributed by atoms with Gasteiger partial charge in [0.1, 0.15) is 0 Å². The summed E-state index contributed by atoms with van der Waals surface area (Å²) in [6.07, 6.45) is 0.0798. The predicted octanol–water partition coefficient (Wildman–Crippen LogP) is 3.34. The summed E-state index contributed by atoms with van der Waals surface area (Å²) < 4.78 is 0. The van der Waals surface area contributed by atoms with Crippen molar-refractivity contribution in [3.63, 3.8) is 0 Å². The lowest BCUT2D eigenvalue weighted by Crippen LogP contribution is -2.21. The SMILES string of the molecule is CCN(Cc1ccc(CC(=O)O)cc1)c1ccccc1. The van der Waals surface area contributed by atoms with E-state index < -0.39 is 5.97 Å². The van der Waals surface area contributed by atoms with E-state index in [9.17, 15) is 4.79 Å². The second kappa shape index (κ2) is 6.75. The first kappa shape index (κ1) is 14.1. The van der Waals surface area contributed by atoms with E-state index in [-0.39, 0.29) is 6.42 Å². The summed E-state index contributed by atoms with van der Waals surface area (Å²) in [7, 11) is 0. The topological polar surface area (TPSA) is 40.5 Å². The van der Waals surface area contributed by atoms with E-state index >= 15 is 0 Å². The van der Waals surface area contributed by atoms with Crippen molar-refractivity contribution in [2.45, 2.75) is 19.9 Å². The summed E-state index contributed by atoms with van der Waals surface area (Å²) in [4.78, 5) is 12.9. The molecule has 0 spiro atoms. The molecule has 0 bridgehead atoms. The molecule has 0 aliphatic carbocycles. The number of para-hydroxylation sites is 1. The Labute approximate surface area is 119 Å². The molecular formula is C17H19NO2. The van der Waals surface area contributed by atoms with Crippen LogP contribution in [0.1, 0.15) is 18.1 Å². The molecule has 2 aromatic carbocycles. The van der Waals surface area contributed by atoms with Gasteiger partial charge in [0.25, 0.3) is 0 Å². The molecule has 0 saturated carbocycles. The van der Waals surface area contributed by atoms with E-state index in [0.717, 1.165) is 18.7 Å². The molecule has 3 nitrogen and oxygen atoms in total. The van der Waals surface area contributed by atoms with Crippen molar-refractivity contribution in [2.75, 3.05) is 11.4 Å². The van der Waals surface area contributed by atoms with Gasteiger partial charge in [-0.25, -0.2) is 0 Å². The number of hydrogen-bond acceptors (Lipinski definition) is 2. The predicted molar refractivity (Wildman–Crippen MR) is 80.9 cm³/mol. The maximum Gasteiger partial charge on any atom is 0.307 e. The Morgan fingerprint density at radius 1 is 1.00 bits per heavy atom. The monoisotopic (exact) mass is 269 g/mol. The summed E-state index contributed by atoms with van der Waals surface area (Å²) >= 11 is 0. The van der Waals surface area contributed by atoms with Gasteiger partial charge in [-0.15, -0.1) is 0 Å². The van der Waals surface area contributed by atoms with Gasteiger partial charge in [0.15, 0.2) is 0 Å². The minimum Gasteiger partial charge on any atom is -0.481 e. The van der Waals surface area contributed by atoms with Crippen molar-refractivity contribution in [3.05, 3.63) is 65.7 Å². The molecule has 1 N–H and O–H groups in total. The number of rotatable bonds is 6. The number of aliphatic carboxylic acids is 1. The van der Waals surface area contributed by atoms with E-state index in [1.807, 2.05) is 42.5 Å². The van der Waals surface area contributed by atoms with Crippen LogP contribution in [0, 0.1) is 0 Å². The largest absolute Gasteiger partial charge is 0.481 e. The van der Waals surface area contributed by atoms with Crippen LogP contribution >= 0.6 is 0 Å². The highest BCUT2D eigenvalue weighted by atomic mass is 16.4. The standard InChI is InChI=1S/C17H19NO2/c1-2-18(16-6-4-3-5-7-16)13-15-10-8-14(9-11-15)12-17(19)20/h3-11H,2,12-13H2,1H3,(H,19,20). The molecular weight excluding hydrogens is 250 g/mol. The van der Waals surface area contributed by atoms with Gasteiger partial charge >= 0.3 is 5.97 Å².